The van der Waals surface area contributed by atoms with Crippen LogP contribution in [-0.2, 0) is 14.0 Å². The first-order valence-corrected chi connectivity index (χ1v) is 10.6. The van der Waals surface area contributed by atoms with Gasteiger partial charge in [-0.05, 0) is 51.4 Å². The highest BCUT2D eigenvalue weighted by molar-refractivity contribution is 6.62. The molecule has 3 aromatic rings. The zero-order chi connectivity index (χ0) is 20.9. The fraction of sp³-hybridized carbons (Fsp3) is 0.435. The van der Waals surface area contributed by atoms with Crippen molar-refractivity contribution in [2.24, 2.45) is 0 Å². The molecule has 2 aromatic heterocycles. The van der Waals surface area contributed by atoms with Crippen molar-refractivity contribution in [2.45, 2.75) is 38.9 Å². The van der Waals surface area contributed by atoms with E-state index in [1.807, 2.05) is 6.20 Å². The van der Waals surface area contributed by atoms with Gasteiger partial charge >= 0.3 is 7.12 Å². The van der Waals surface area contributed by atoms with Gasteiger partial charge in [0.05, 0.1) is 30.1 Å². The van der Waals surface area contributed by atoms with Gasteiger partial charge in [-0.15, -0.1) is 0 Å². The first-order valence-electron chi connectivity index (χ1n) is 10.6. The molecular weight excluding hydrogens is 377 g/mol. The number of nitrogens with one attached hydrogen (secondary N) is 1. The van der Waals surface area contributed by atoms with E-state index in [1.165, 1.54) is 0 Å². The van der Waals surface area contributed by atoms with E-state index in [-0.39, 0.29) is 18.3 Å². The number of ether oxygens (including phenoxy) is 1. The quantitative estimate of drug-likeness (QED) is 0.678. The third-order valence-corrected chi connectivity index (χ3v) is 6.58. The summed E-state index contributed by atoms with van der Waals surface area (Å²) >= 11 is 0. The van der Waals surface area contributed by atoms with E-state index >= 15 is 0 Å². The number of anilines is 1. The van der Waals surface area contributed by atoms with Crippen LogP contribution >= 0.6 is 0 Å². The van der Waals surface area contributed by atoms with Crippen LogP contribution in [0.2, 0.25) is 0 Å². The van der Waals surface area contributed by atoms with Gasteiger partial charge in [0.1, 0.15) is 5.82 Å². The monoisotopic (exact) mass is 405 g/mol. The Hall–Kier alpha value is -2.35. The standard InChI is InChI=1S/C23H28BN3O3/c1-22(2)23(3,4)30-24(29-22)16-8-9-19-17(14-16)18(15-25-19)20-6-5-7-21(26-20)27-10-12-28-13-11-27/h5-9,14-15,25H,10-13H2,1-4H3. The van der Waals surface area contributed by atoms with Gasteiger partial charge in [-0.1, -0.05) is 18.2 Å². The maximum absolute atomic E-state index is 6.25. The van der Waals surface area contributed by atoms with Crippen molar-refractivity contribution in [2.75, 3.05) is 31.2 Å². The molecule has 30 heavy (non-hydrogen) atoms. The molecule has 6 nitrogen and oxygen atoms in total. The highest BCUT2D eigenvalue weighted by Gasteiger charge is 2.51. The molecule has 2 fully saturated rings. The SMILES string of the molecule is CC1(C)OB(c2ccc3[nH]cc(-c4cccc(N5CCOCC5)n4)c3c2)OC1(C)C. The molecule has 0 radical (unpaired) electrons. The van der Waals surface area contributed by atoms with Crippen LogP contribution in [0, 0.1) is 0 Å². The van der Waals surface area contributed by atoms with E-state index in [9.17, 15) is 0 Å². The Kier molecular flexibility index (Phi) is 4.65. The lowest BCUT2D eigenvalue weighted by atomic mass is 9.78. The number of H-pyrrole nitrogens is 1. The van der Waals surface area contributed by atoms with E-state index in [2.05, 4.69) is 74.0 Å². The number of aromatic amines is 1. The third kappa shape index (κ3) is 3.31. The molecule has 0 saturated carbocycles. The van der Waals surface area contributed by atoms with Crippen molar-refractivity contribution in [1.29, 1.82) is 0 Å². The van der Waals surface area contributed by atoms with Crippen molar-refractivity contribution in [3.63, 3.8) is 0 Å². The molecule has 2 aliphatic rings. The topological polar surface area (TPSA) is 59.6 Å². The van der Waals surface area contributed by atoms with Crippen LogP contribution in [0.3, 0.4) is 0 Å². The van der Waals surface area contributed by atoms with Gasteiger partial charge in [0.25, 0.3) is 0 Å². The van der Waals surface area contributed by atoms with Crippen LogP contribution < -0.4 is 10.4 Å². The number of morpholine rings is 1. The molecule has 0 amide bonds. The predicted octanol–water partition coefficient (Wildman–Crippen LogP) is 3.37. The number of hydrogen-bond acceptors (Lipinski definition) is 5. The molecule has 1 aromatic carbocycles. The van der Waals surface area contributed by atoms with Crippen molar-refractivity contribution >= 4 is 29.3 Å². The fourth-order valence-corrected chi connectivity index (χ4v) is 4.02. The van der Waals surface area contributed by atoms with Gasteiger partial charge in [0.2, 0.25) is 0 Å². The van der Waals surface area contributed by atoms with Crippen LogP contribution in [0.5, 0.6) is 0 Å². The number of rotatable bonds is 3. The molecule has 2 saturated heterocycles. The average Bonchev–Trinajstić information content (AvgIpc) is 3.26. The second-order valence-corrected chi connectivity index (χ2v) is 9.08. The van der Waals surface area contributed by atoms with Crippen LogP contribution in [-0.4, -0.2) is 54.6 Å². The number of fused-ring (bicyclic) bond motifs is 1. The van der Waals surface area contributed by atoms with Crippen LogP contribution in [0.1, 0.15) is 27.7 Å². The second kappa shape index (κ2) is 7.12. The highest BCUT2D eigenvalue weighted by Crippen LogP contribution is 2.37. The minimum Gasteiger partial charge on any atom is -0.399 e. The smallest absolute Gasteiger partial charge is 0.399 e. The maximum Gasteiger partial charge on any atom is 0.494 e. The highest BCUT2D eigenvalue weighted by atomic mass is 16.7. The van der Waals surface area contributed by atoms with Crippen LogP contribution in [0.4, 0.5) is 5.82 Å². The summed E-state index contributed by atoms with van der Waals surface area (Å²) in [5.41, 5.74) is 3.41. The summed E-state index contributed by atoms with van der Waals surface area (Å²) in [7, 11) is -0.380. The fourth-order valence-electron chi connectivity index (χ4n) is 4.02. The Morgan fingerprint density at radius 3 is 2.47 bits per heavy atom. The molecule has 5 rings (SSSR count). The van der Waals surface area contributed by atoms with E-state index in [0.29, 0.717) is 0 Å². The van der Waals surface area contributed by atoms with E-state index in [4.69, 9.17) is 19.0 Å². The van der Waals surface area contributed by atoms with Gasteiger partial charge in [-0.3, -0.25) is 0 Å². The van der Waals surface area contributed by atoms with Gasteiger partial charge in [-0.2, -0.15) is 0 Å². The predicted molar refractivity (Wildman–Crippen MR) is 120 cm³/mol. The largest absolute Gasteiger partial charge is 0.494 e. The van der Waals surface area contributed by atoms with Gasteiger partial charge in [0, 0.05) is 35.8 Å². The lowest BCUT2D eigenvalue weighted by Gasteiger charge is -2.32. The summed E-state index contributed by atoms with van der Waals surface area (Å²) in [5.74, 6) is 0.993. The molecule has 0 unspecified atom stereocenters. The average molecular weight is 405 g/mol. The summed E-state index contributed by atoms with van der Waals surface area (Å²) in [6, 6.07) is 12.5. The summed E-state index contributed by atoms with van der Waals surface area (Å²) in [4.78, 5) is 10.6. The van der Waals surface area contributed by atoms with Crippen molar-refractivity contribution < 1.29 is 14.0 Å². The van der Waals surface area contributed by atoms with Crippen LogP contribution in [0.15, 0.2) is 42.6 Å². The molecular formula is C23H28BN3O3. The molecule has 0 spiro atoms. The van der Waals surface area contributed by atoms with E-state index in [1.54, 1.807) is 0 Å². The molecule has 0 bridgehead atoms. The summed E-state index contributed by atoms with van der Waals surface area (Å²) in [6.07, 6.45) is 2.03. The summed E-state index contributed by atoms with van der Waals surface area (Å²) in [6.45, 7) is 11.5. The Labute approximate surface area is 177 Å². The normalized spacial score (nSPS) is 20.8. The van der Waals surface area contributed by atoms with Gasteiger partial charge in [-0.25, -0.2) is 4.98 Å². The third-order valence-electron chi connectivity index (χ3n) is 6.58. The first-order chi connectivity index (χ1) is 14.3. The molecule has 2 aliphatic heterocycles. The molecule has 0 aliphatic carbocycles. The number of aromatic nitrogens is 2. The van der Waals surface area contributed by atoms with Crippen molar-refractivity contribution in [3.8, 4) is 11.3 Å². The van der Waals surface area contributed by atoms with Gasteiger partial charge in [0.15, 0.2) is 0 Å². The Balaban J connectivity index is 1.50. The van der Waals surface area contributed by atoms with E-state index in [0.717, 1.165) is 59.7 Å². The lowest BCUT2D eigenvalue weighted by molar-refractivity contribution is 0.00578. The Morgan fingerprint density at radius 2 is 1.73 bits per heavy atom. The summed E-state index contributed by atoms with van der Waals surface area (Å²) in [5, 5.41) is 1.12. The zero-order valence-electron chi connectivity index (χ0n) is 18.1. The zero-order valence-corrected chi connectivity index (χ0v) is 18.1. The lowest BCUT2D eigenvalue weighted by Crippen LogP contribution is -2.41. The minimum atomic E-state index is -0.380. The number of pyridine rings is 1. The molecule has 1 N–H and O–H groups in total. The molecule has 0 atom stereocenters. The number of nitrogens with zero attached hydrogens (tertiary/aromatic N) is 2. The summed E-state index contributed by atoms with van der Waals surface area (Å²) < 4.78 is 18.0. The Morgan fingerprint density at radius 1 is 1.00 bits per heavy atom. The Bertz CT molecular complexity index is 1060. The second-order valence-electron chi connectivity index (χ2n) is 9.08. The molecule has 7 heteroatoms. The molecule has 4 heterocycles. The molecule has 156 valence electrons. The maximum atomic E-state index is 6.25. The van der Waals surface area contributed by atoms with Crippen LogP contribution in [0.25, 0.3) is 22.2 Å². The van der Waals surface area contributed by atoms with Crippen molar-refractivity contribution in [3.05, 3.63) is 42.6 Å². The number of hydrogen-bond donors (Lipinski definition) is 1. The van der Waals surface area contributed by atoms with Gasteiger partial charge < -0.3 is 23.9 Å². The van der Waals surface area contributed by atoms with E-state index < -0.39 is 0 Å². The van der Waals surface area contributed by atoms with Crippen molar-refractivity contribution in [1.82, 2.24) is 9.97 Å². The minimum absolute atomic E-state index is 0.359. The number of benzene rings is 1. The first kappa shape index (κ1) is 19.6.